The van der Waals surface area contributed by atoms with E-state index >= 15 is 0 Å². The van der Waals surface area contributed by atoms with Gasteiger partial charge in [-0.1, -0.05) is 32.3 Å². The van der Waals surface area contributed by atoms with Gasteiger partial charge in [-0.25, -0.2) is 0 Å². The zero-order valence-electron chi connectivity index (χ0n) is 13.2. The molecule has 0 N–H and O–H groups in total. The molecule has 0 amide bonds. The summed E-state index contributed by atoms with van der Waals surface area (Å²) in [5.41, 5.74) is 2.71. The summed E-state index contributed by atoms with van der Waals surface area (Å²) in [4.78, 5) is 13.5. The lowest BCUT2D eigenvalue weighted by molar-refractivity contribution is -0.112. The van der Waals surface area contributed by atoms with Crippen molar-refractivity contribution in [3.63, 3.8) is 0 Å². The number of unbranched alkanes of at least 4 members (excludes halogenated alkanes) is 2. The number of thiol groups is 1. The summed E-state index contributed by atoms with van der Waals surface area (Å²) >= 11 is 6.09. The van der Waals surface area contributed by atoms with Crippen molar-refractivity contribution in [3.8, 4) is 0 Å². The van der Waals surface area contributed by atoms with Crippen molar-refractivity contribution < 1.29 is 4.79 Å². The number of rotatable bonds is 6. The molecule has 0 aliphatic heterocycles. The average molecular weight is 333 g/mol. The molecule has 1 aliphatic rings. The first-order valence-electron chi connectivity index (χ1n) is 8.47. The van der Waals surface area contributed by atoms with Crippen LogP contribution < -0.4 is 0 Å². The number of hydrogen-bond acceptors (Lipinski definition) is 2. The first-order valence-corrected chi connectivity index (χ1v) is 9.74. The van der Waals surface area contributed by atoms with Gasteiger partial charge in [-0.15, -0.1) is 24.0 Å². The van der Waals surface area contributed by atoms with Crippen LogP contribution in [0, 0.1) is 0 Å². The van der Waals surface area contributed by atoms with Gasteiger partial charge in [0.1, 0.15) is 0 Å². The molecule has 0 saturated carbocycles. The summed E-state index contributed by atoms with van der Waals surface area (Å²) in [6.45, 7) is 2.20. The number of benzene rings is 1. The van der Waals surface area contributed by atoms with E-state index in [1.165, 1.54) is 48.6 Å². The third-order valence-corrected chi connectivity index (χ3v) is 6.36. The molecule has 1 aliphatic carbocycles. The second-order valence-electron chi connectivity index (χ2n) is 6.35. The first-order chi connectivity index (χ1) is 10.7. The summed E-state index contributed by atoms with van der Waals surface area (Å²) in [7, 11) is 0. The molecular formula is C19H24OS2. The maximum absolute atomic E-state index is 12.0. The van der Waals surface area contributed by atoms with Crippen LogP contribution >= 0.6 is 24.0 Å². The van der Waals surface area contributed by atoms with E-state index < -0.39 is 0 Å². The van der Waals surface area contributed by atoms with Crippen molar-refractivity contribution in [3.05, 3.63) is 34.2 Å². The topological polar surface area (TPSA) is 17.1 Å². The molecule has 0 fully saturated rings. The Morgan fingerprint density at radius 1 is 1.27 bits per heavy atom. The minimum atomic E-state index is -0.0431. The van der Waals surface area contributed by atoms with Gasteiger partial charge >= 0.3 is 0 Å². The molecule has 1 unspecified atom stereocenters. The molecule has 1 aromatic heterocycles. The van der Waals surface area contributed by atoms with E-state index in [0.717, 1.165) is 18.4 Å². The lowest BCUT2D eigenvalue weighted by Gasteiger charge is -2.15. The van der Waals surface area contributed by atoms with Crippen LogP contribution in [0.4, 0.5) is 0 Å². The Morgan fingerprint density at radius 3 is 2.86 bits per heavy atom. The third-order valence-electron chi connectivity index (χ3n) is 4.78. The Labute approximate surface area is 142 Å². The SMILES string of the molecule is CCCCCC(C(=O)S)c1ccc2sc3c(c2c1)CCCC3. The molecule has 22 heavy (non-hydrogen) atoms. The summed E-state index contributed by atoms with van der Waals surface area (Å²) in [6.07, 6.45) is 9.46. The summed E-state index contributed by atoms with van der Waals surface area (Å²) < 4.78 is 1.38. The molecule has 0 saturated heterocycles. The Bertz CT molecular complexity index is 671. The number of thiophene rings is 1. The number of carbonyl (C=O) groups excluding carboxylic acids is 1. The third kappa shape index (κ3) is 3.26. The zero-order valence-corrected chi connectivity index (χ0v) is 14.9. The van der Waals surface area contributed by atoms with Crippen molar-refractivity contribution in [2.24, 2.45) is 0 Å². The largest absolute Gasteiger partial charge is 0.287 e. The van der Waals surface area contributed by atoms with Gasteiger partial charge in [0.2, 0.25) is 0 Å². The summed E-state index contributed by atoms with van der Waals surface area (Å²) in [6, 6.07) is 6.65. The van der Waals surface area contributed by atoms with Gasteiger partial charge in [-0.05, 0) is 60.7 Å². The first kappa shape index (κ1) is 16.1. The van der Waals surface area contributed by atoms with Gasteiger partial charge in [0.25, 0.3) is 0 Å². The van der Waals surface area contributed by atoms with Crippen LogP contribution in [0.15, 0.2) is 18.2 Å². The average Bonchev–Trinajstić information content (AvgIpc) is 2.89. The molecule has 1 aromatic carbocycles. The standard InChI is InChI=1S/C19H24OS2/c1-2-3-4-7-14(19(20)21)13-10-11-18-16(12-13)15-8-5-6-9-17(15)22-18/h10-12,14H,2-9H2,1H3,(H,20,21). The van der Waals surface area contributed by atoms with Crippen molar-refractivity contribution in [1.29, 1.82) is 0 Å². The van der Waals surface area contributed by atoms with Crippen LogP contribution in [-0.4, -0.2) is 5.12 Å². The second kappa shape index (κ2) is 7.18. The maximum Gasteiger partial charge on any atom is 0.193 e. The molecule has 0 bridgehead atoms. The Morgan fingerprint density at radius 2 is 2.09 bits per heavy atom. The van der Waals surface area contributed by atoms with Crippen LogP contribution in [0.5, 0.6) is 0 Å². The van der Waals surface area contributed by atoms with E-state index in [0.29, 0.717) is 0 Å². The van der Waals surface area contributed by atoms with Crippen molar-refractivity contribution in [2.45, 2.75) is 64.2 Å². The smallest absolute Gasteiger partial charge is 0.193 e. The Hall–Kier alpha value is -0.800. The number of fused-ring (bicyclic) bond motifs is 3. The summed E-state index contributed by atoms with van der Waals surface area (Å²) in [5.74, 6) is -0.0431. The Balaban J connectivity index is 1.93. The van der Waals surface area contributed by atoms with E-state index in [-0.39, 0.29) is 11.0 Å². The van der Waals surface area contributed by atoms with E-state index in [4.69, 9.17) is 0 Å². The van der Waals surface area contributed by atoms with E-state index in [2.05, 4.69) is 37.8 Å². The van der Waals surface area contributed by atoms with E-state index in [9.17, 15) is 4.79 Å². The minimum Gasteiger partial charge on any atom is -0.287 e. The van der Waals surface area contributed by atoms with Gasteiger partial charge in [0.05, 0.1) is 5.92 Å². The maximum atomic E-state index is 12.0. The zero-order chi connectivity index (χ0) is 15.5. The number of aryl methyl sites for hydroxylation is 2. The number of carbonyl (C=O) groups is 1. The van der Waals surface area contributed by atoms with Crippen LogP contribution in [0.2, 0.25) is 0 Å². The quantitative estimate of drug-likeness (QED) is 0.515. The number of hydrogen-bond donors (Lipinski definition) is 1. The molecule has 118 valence electrons. The fourth-order valence-corrected chi connectivity index (χ4v) is 5.08. The molecular weight excluding hydrogens is 308 g/mol. The van der Waals surface area contributed by atoms with Crippen molar-refractivity contribution in [1.82, 2.24) is 0 Å². The molecule has 1 nitrogen and oxygen atoms in total. The van der Waals surface area contributed by atoms with Crippen LogP contribution in [0.3, 0.4) is 0 Å². The van der Waals surface area contributed by atoms with Crippen molar-refractivity contribution >= 4 is 39.2 Å². The highest BCUT2D eigenvalue weighted by atomic mass is 32.1. The lowest BCUT2D eigenvalue weighted by atomic mass is 9.91. The highest BCUT2D eigenvalue weighted by molar-refractivity contribution is 7.96. The van der Waals surface area contributed by atoms with E-state index in [1.807, 2.05) is 11.3 Å². The highest BCUT2D eigenvalue weighted by Gasteiger charge is 2.20. The minimum absolute atomic E-state index is 0.0135. The molecule has 2 aromatic rings. The molecule has 0 spiro atoms. The highest BCUT2D eigenvalue weighted by Crippen LogP contribution is 2.38. The van der Waals surface area contributed by atoms with Gasteiger partial charge < -0.3 is 0 Å². The fraction of sp³-hybridized carbons (Fsp3) is 0.526. The van der Waals surface area contributed by atoms with Crippen LogP contribution in [0.1, 0.15) is 67.4 Å². The predicted molar refractivity (Wildman–Crippen MR) is 99.3 cm³/mol. The second-order valence-corrected chi connectivity index (χ2v) is 7.93. The molecule has 1 heterocycles. The van der Waals surface area contributed by atoms with Crippen LogP contribution in [-0.2, 0) is 17.6 Å². The Kier molecular flexibility index (Phi) is 5.25. The van der Waals surface area contributed by atoms with Gasteiger partial charge in [-0.3, -0.25) is 4.79 Å². The van der Waals surface area contributed by atoms with Crippen LogP contribution in [0.25, 0.3) is 10.1 Å². The lowest BCUT2D eigenvalue weighted by Crippen LogP contribution is -2.07. The monoisotopic (exact) mass is 332 g/mol. The normalized spacial score (nSPS) is 15.7. The summed E-state index contributed by atoms with van der Waals surface area (Å²) in [5, 5.41) is 1.41. The fourth-order valence-electron chi connectivity index (χ4n) is 3.53. The molecule has 0 radical (unpaired) electrons. The van der Waals surface area contributed by atoms with E-state index in [1.54, 1.807) is 10.4 Å². The molecule has 1 atom stereocenters. The van der Waals surface area contributed by atoms with Gasteiger partial charge in [0, 0.05) is 9.58 Å². The predicted octanol–water partition coefficient (Wildman–Crippen LogP) is 5.90. The van der Waals surface area contributed by atoms with Gasteiger partial charge in [0.15, 0.2) is 5.12 Å². The molecule has 3 heteroatoms. The van der Waals surface area contributed by atoms with Crippen molar-refractivity contribution in [2.75, 3.05) is 0 Å². The molecule has 3 rings (SSSR count). The van der Waals surface area contributed by atoms with Gasteiger partial charge in [-0.2, -0.15) is 0 Å².